The van der Waals surface area contributed by atoms with Gasteiger partial charge in [-0.15, -0.1) is 0 Å². The van der Waals surface area contributed by atoms with E-state index in [9.17, 15) is 14.7 Å². The highest BCUT2D eigenvalue weighted by molar-refractivity contribution is 5.94. The molecule has 0 amide bonds. The third-order valence-electron chi connectivity index (χ3n) is 6.07. The number of hydrogen-bond donors (Lipinski definition) is 1. The van der Waals surface area contributed by atoms with Crippen molar-refractivity contribution in [1.82, 2.24) is 4.57 Å². The smallest absolute Gasteiger partial charge is 0.341 e. The number of carboxylic acid groups (broad SMARTS) is 1. The number of anilines is 1. The Bertz CT molecular complexity index is 1300. The Morgan fingerprint density at radius 2 is 1.91 bits per heavy atom. The fourth-order valence-corrected chi connectivity index (χ4v) is 4.31. The molecular formula is C24H21F2N3O3. The molecule has 1 aliphatic carbocycles. The van der Waals surface area contributed by atoms with E-state index in [0.717, 1.165) is 24.5 Å². The molecular weight excluding hydrogens is 416 g/mol. The number of carboxylic acids is 1. The number of aromatic carboxylic acids is 1. The minimum Gasteiger partial charge on any atom is -0.477 e. The first-order valence-electron chi connectivity index (χ1n) is 10.6. The van der Waals surface area contributed by atoms with E-state index in [1.165, 1.54) is 10.8 Å². The second kappa shape index (κ2) is 7.85. The minimum atomic E-state index is -1.41. The monoisotopic (exact) mass is 437 g/mol. The maximum atomic E-state index is 15.7. The lowest BCUT2D eigenvalue weighted by atomic mass is 10.1. The van der Waals surface area contributed by atoms with Crippen molar-refractivity contribution in [2.75, 3.05) is 18.0 Å². The van der Waals surface area contributed by atoms with Gasteiger partial charge in [-0.05, 0) is 30.9 Å². The van der Waals surface area contributed by atoms with Crippen molar-refractivity contribution in [3.8, 4) is 0 Å². The van der Waals surface area contributed by atoms with Crippen molar-refractivity contribution in [3.05, 3.63) is 75.6 Å². The molecule has 2 heterocycles. The predicted octanol–water partition coefficient (Wildman–Crippen LogP) is 4.01. The lowest BCUT2D eigenvalue weighted by Gasteiger charge is -2.22. The number of aromatic nitrogens is 1. The number of benzene rings is 2. The second-order valence-corrected chi connectivity index (χ2v) is 8.31. The predicted molar refractivity (Wildman–Crippen MR) is 118 cm³/mol. The van der Waals surface area contributed by atoms with Crippen molar-refractivity contribution in [2.24, 2.45) is 4.99 Å². The fraction of sp³-hybridized carbons (Fsp3) is 0.292. The molecule has 2 aliphatic rings. The first-order valence-corrected chi connectivity index (χ1v) is 10.6. The van der Waals surface area contributed by atoms with Crippen LogP contribution in [0.2, 0.25) is 0 Å². The van der Waals surface area contributed by atoms with Crippen molar-refractivity contribution in [3.63, 3.8) is 0 Å². The molecule has 1 aromatic heterocycles. The molecule has 1 aliphatic heterocycles. The summed E-state index contributed by atoms with van der Waals surface area (Å²) in [5, 5.41) is 9.11. The molecule has 1 saturated carbocycles. The highest BCUT2D eigenvalue weighted by Gasteiger charge is 2.32. The van der Waals surface area contributed by atoms with Crippen molar-refractivity contribution in [1.29, 1.82) is 0 Å². The minimum absolute atomic E-state index is 0.0323. The van der Waals surface area contributed by atoms with Crippen LogP contribution in [0.5, 0.6) is 0 Å². The van der Waals surface area contributed by atoms with Crippen LogP contribution < -0.4 is 10.3 Å². The van der Waals surface area contributed by atoms with Gasteiger partial charge in [0.2, 0.25) is 5.43 Å². The van der Waals surface area contributed by atoms with Gasteiger partial charge in [-0.2, -0.15) is 0 Å². The summed E-state index contributed by atoms with van der Waals surface area (Å²) >= 11 is 0. The highest BCUT2D eigenvalue weighted by atomic mass is 19.1. The first kappa shape index (κ1) is 20.4. The van der Waals surface area contributed by atoms with Gasteiger partial charge >= 0.3 is 5.97 Å². The largest absolute Gasteiger partial charge is 0.477 e. The summed E-state index contributed by atoms with van der Waals surface area (Å²) in [6.07, 6.45) is 5.10. The lowest BCUT2D eigenvalue weighted by Crippen LogP contribution is -2.25. The topological polar surface area (TPSA) is 74.9 Å². The van der Waals surface area contributed by atoms with Crippen molar-refractivity contribution >= 4 is 28.8 Å². The standard InChI is InChI=1S/C24H21F2N3O3/c25-19-10-17-21(29(16-6-7-16)13-18(23(17)30)24(31)32)20(26)22(19)28-9-8-15(12-28)27-11-14-4-2-1-3-5-14/h1-5,10-11,13,15-16H,6-9,12H2,(H,31,32)/b27-11+. The van der Waals surface area contributed by atoms with Gasteiger partial charge in [-0.1, -0.05) is 30.3 Å². The Hall–Kier alpha value is -3.55. The number of pyridine rings is 1. The Morgan fingerprint density at radius 3 is 2.59 bits per heavy atom. The van der Waals surface area contributed by atoms with E-state index in [2.05, 4.69) is 4.99 Å². The van der Waals surface area contributed by atoms with Gasteiger partial charge in [0.05, 0.1) is 16.9 Å². The number of carbonyl (C=O) groups is 1. The zero-order chi connectivity index (χ0) is 22.4. The third kappa shape index (κ3) is 3.55. The summed E-state index contributed by atoms with van der Waals surface area (Å²) in [6, 6.07) is 10.4. The molecule has 3 aromatic rings. The van der Waals surface area contributed by atoms with Gasteiger partial charge in [0.25, 0.3) is 0 Å². The molecule has 1 atom stereocenters. The third-order valence-corrected chi connectivity index (χ3v) is 6.07. The molecule has 1 saturated heterocycles. The Balaban J connectivity index is 1.53. The van der Waals surface area contributed by atoms with E-state index < -0.39 is 28.6 Å². The second-order valence-electron chi connectivity index (χ2n) is 8.31. The molecule has 1 unspecified atom stereocenters. The van der Waals surface area contributed by atoms with Gasteiger partial charge in [-0.3, -0.25) is 9.79 Å². The molecule has 0 spiro atoms. The molecule has 1 N–H and O–H groups in total. The number of hydrogen-bond acceptors (Lipinski definition) is 4. The van der Waals surface area contributed by atoms with Gasteiger partial charge in [0.15, 0.2) is 5.82 Å². The molecule has 2 aromatic carbocycles. The van der Waals surface area contributed by atoms with Crippen molar-refractivity contribution in [2.45, 2.75) is 31.3 Å². The van der Waals surface area contributed by atoms with Crippen LogP contribution in [0, 0.1) is 11.6 Å². The van der Waals surface area contributed by atoms with Gasteiger partial charge in [0, 0.05) is 31.5 Å². The van der Waals surface area contributed by atoms with Gasteiger partial charge < -0.3 is 14.6 Å². The summed E-state index contributed by atoms with van der Waals surface area (Å²) in [5.74, 6) is -3.10. The summed E-state index contributed by atoms with van der Waals surface area (Å²) in [6.45, 7) is 0.778. The van der Waals surface area contributed by atoms with Crippen LogP contribution in [0.3, 0.4) is 0 Å². The van der Waals surface area contributed by atoms with Crippen molar-refractivity contribution < 1.29 is 18.7 Å². The first-order chi connectivity index (χ1) is 15.4. The molecule has 0 radical (unpaired) electrons. The van der Waals surface area contributed by atoms with E-state index in [1.807, 2.05) is 30.3 Å². The normalized spacial score (nSPS) is 18.7. The van der Waals surface area contributed by atoms with Gasteiger partial charge in [0.1, 0.15) is 17.1 Å². The van der Waals surface area contributed by atoms with E-state index >= 15 is 8.78 Å². The van der Waals surface area contributed by atoms with E-state index in [0.29, 0.717) is 19.5 Å². The zero-order valence-corrected chi connectivity index (χ0v) is 17.2. The summed E-state index contributed by atoms with van der Waals surface area (Å²) in [5.41, 5.74) is -0.619. The number of fused-ring (bicyclic) bond motifs is 1. The van der Waals surface area contributed by atoms with Crippen LogP contribution in [0.25, 0.3) is 10.9 Å². The van der Waals surface area contributed by atoms with E-state index in [-0.39, 0.29) is 28.7 Å². The van der Waals surface area contributed by atoms with Crippen LogP contribution in [0.1, 0.15) is 41.2 Å². The average molecular weight is 437 g/mol. The van der Waals surface area contributed by atoms with Crippen LogP contribution in [-0.2, 0) is 0 Å². The Labute approximate surface area is 182 Å². The molecule has 0 bridgehead atoms. The fourth-order valence-electron chi connectivity index (χ4n) is 4.31. The Kier molecular flexibility index (Phi) is 5.00. The van der Waals surface area contributed by atoms with E-state index in [1.54, 1.807) is 11.1 Å². The maximum absolute atomic E-state index is 15.7. The highest BCUT2D eigenvalue weighted by Crippen LogP contribution is 2.40. The van der Waals surface area contributed by atoms with Crippen LogP contribution in [0.4, 0.5) is 14.5 Å². The molecule has 8 heteroatoms. The number of nitrogens with zero attached hydrogens (tertiary/aromatic N) is 3. The molecule has 164 valence electrons. The lowest BCUT2D eigenvalue weighted by molar-refractivity contribution is 0.0694. The number of halogens is 2. The van der Waals surface area contributed by atoms with Crippen LogP contribution in [-0.4, -0.2) is 41.0 Å². The SMILES string of the molecule is O=C(O)c1cn(C2CC2)c2c(F)c(N3CCC(/N=C/c4ccccc4)C3)c(F)cc2c1=O. The quantitative estimate of drug-likeness (QED) is 0.612. The van der Waals surface area contributed by atoms with Gasteiger partial charge in [-0.25, -0.2) is 13.6 Å². The average Bonchev–Trinajstić information content (AvgIpc) is 3.52. The zero-order valence-electron chi connectivity index (χ0n) is 17.2. The molecule has 5 rings (SSSR count). The Morgan fingerprint density at radius 1 is 1.16 bits per heavy atom. The molecule has 2 fully saturated rings. The summed E-state index contributed by atoms with van der Waals surface area (Å²) < 4.78 is 32.2. The van der Waals surface area contributed by atoms with Crippen LogP contribution in [0.15, 0.2) is 52.4 Å². The van der Waals surface area contributed by atoms with E-state index in [4.69, 9.17) is 0 Å². The number of aliphatic imine (C=N–C) groups is 1. The number of rotatable bonds is 5. The van der Waals surface area contributed by atoms with Crippen LogP contribution >= 0.6 is 0 Å². The summed E-state index contributed by atoms with van der Waals surface area (Å²) in [7, 11) is 0. The molecule has 32 heavy (non-hydrogen) atoms. The maximum Gasteiger partial charge on any atom is 0.341 e. The molecule has 6 nitrogen and oxygen atoms in total. The summed E-state index contributed by atoms with van der Waals surface area (Å²) in [4.78, 5) is 30.3.